The van der Waals surface area contributed by atoms with Gasteiger partial charge in [-0.3, -0.25) is 0 Å². The molecule has 1 aliphatic rings. The van der Waals surface area contributed by atoms with Crippen LogP contribution >= 0.6 is 0 Å². The summed E-state index contributed by atoms with van der Waals surface area (Å²) in [6.45, 7) is 0. The van der Waals surface area contributed by atoms with Crippen LogP contribution in [0.15, 0.2) is 18.2 Å². The lowest BCUT2D eigenvalue weighted by Gasteiger charge is -2.23. The first kappa shape index (κ1) is 14.7. The van der Waals surface area contributed by atoms with Gasteiger partial charge in [0.25, 0.3) is 0 Å². The van der Waals surface area contributed by atoms with Crippen LogP contribution in [0, 0.1) is 0 Å². The van der Waals surface area contributed by atoms with Gasteiger partial charge in [-0.2, -0.15) is 0 Å². The van der Waals surface area contributed by atoms with Crippen molar-refractivity contribution in [2.24, 2.45) is 0 Å². The van der Waals surface area contributed by atoms with Crippen molar-refractivity contribution in [2.45, 2.75) is 51.0 Å². The summed E-state index contributed by atoms with van der Waals surface area (Å²) >= 11 is 0. The van der Waals surface area contributed by atoms with Crippen LogP contribution in [-0.4, -0.2) is 24.2 Å². The van der Waals surface area contributed by atoms with Crippen LogP contribution in [0.2, 0.25) is 0 Å². The molecule has 1 aliphatic carbocycles. The Balaban J connectivity index is 2.14. The highest BCUT2D eigenvalue weighted by Gasteiger charge is 2.16. The molecule has 1 fully saturated rings. The summed E-state index contributed by atoms with van der Waals surface area (Å²) in [4.78, 5) is 11.3. The van der Waals surface area contributed by atoms with E-state index in [1.165, 1.54) is 32.1 Å². The number of carboxylic acid groups (broad SMARTS) is 1. The summed E-state index contributed by atoms with van der Waals surface area (Å²) < 4.78 is 5.19. The van der Waals surface area contributed by atoms with Crippen LogP contribution in [0.3, 0.4) is 0 Å². The van der Waals surface area contributed by atoms with Crippen molar-refractivity contribution < 1.29 is 14.6 Å². The molecule has 0 aliphatic heterocycles. The molecule has 4 nitrogen and oxygen atoms in total. The molecular formula is C16H23NO3. The molecular weight excluding hydrogens is 254 g/mol. The number of hydrogen-bond acceptors (Lipinski definition) is 3. The van der Waals surface area contributed by atoms with Crippen molar-refractivity contribution in [2.75, 3.05) is 12.4 Å². The Kier molecular flexibility index (Phi) is 5.27. The molecule has 4 heteroatoms. The highest BCUT2D eigenvalue weighted by molar-refractivity contribution is 5.94. The zero-order valence-corrected chi connectivity index (χ0v) is 12.0. The van der Waals surface area contributed by atoms with E-state index in [9.17, 15) is 9.90 Å². The second kappa shape index (κ2) is 7.17. The molecule has 2 rings (SSSR count). The molecule has 1 aromatic carbocycles. The van der Waals surface area contributed by atoms with Crippen LogP contribution < -0.4 is 10.1 Å². The summed E-state index contributed by atoms with van der Waals surface area (Å²) in [5.74, 6) is -0.218. The van der Waals surface area contributed by atoms with E-state index in [2.05, 4.69) is 5.32 Å². The normalized spacial score (nSPS) is 17.1. The first-order valence-corrected chi connectivity index (χ1v) is 7.38. The lowest BCUT2D eigenvalue weighted by Crippen LogP contribution is -2.22. The summed E-state index contributed by atoms with van der Waals surface area (Å²) in [5.41, 5.74) is 0.982. The molecule has 0 radical (unpaired) electrons. The van der Waals surface area contributed by atoms with Gasteiger partial charge in [-0.05, 0) is 25.0 Å². The Morgan fingerprint density at radius 3 is 2.45 bits per heavy atom. The average Bonchev–Trinajstić information content (AvgIpc) is 2.41. The number of nitrogens with one attached hydrogen (secondary N) is 1. The van der Waals surface area contributed by atoms with Gasteiger partial charge in [0, 0.05) is 12.1 Å². The van der Waals surface area contributed by atoms with E-state index in [4.69, 9.17) is 4.74 Å². The molecule has 0 heterocycles. The quantitative estimate of drug-likeness (QED) is 0.875. The Morgan fingerprint density at radius 1 is 1.20 bits per heavy atom. The number of anilines is 1. The number of rotatable bonds is 4. The van der Waals surface area contributed by atoms with Gasteiger partial charge in [0.1, 0.15) is 5.75 Å². The van der Waals surface area contributed by atoms with Crippen LogP contribution in [-0.2, 0) is 0 Å². The number of benzene rings is 1. The van der Waals surface area contributed by atoms with Gasteiger partial charge in [-0.1, -0.05) is 32.1 Å². The van der Waals surface area contributed by atoms with Gasteiger partial charge in [0.2, 0.25) is 0 Å². The first-order valence-electron chi connectivity index (χ1n) is 7.38. The van der Waals surface area contributed by atoms with E-state index in [0.717, 1.165) is 12.8 Å². The van der Waals surface area contributed by atoms with E-state index in [1.807, 2.05) is 0 Å². The largest absolute Gasteiger partial charge is 0.497 e. The Bertz CT molecular complexity index is 451. The van der Waals surface area contributed by atoms with Crippen molar-refractivity contribution in [3.8, 4) is 5.75 Å². The Hall–Kier alpha value is -1.71. The molecule has 0 atom stereocenters. The topological polar surface area (TPSA) is 58.6 Å². The third-order valence-corrected chi connectivity index (χ3v) is 3.92. The fraction of sp³-hybridized carbons (Fsp3) is 0.562. The standard InChI is InChI=1S/C16H23NO3/c1-20-13-9-10-14(16(18)19)15(11-13)17-12-7-5-3-2-4-6-8-12/h9-12,17H,2-8H2,1H3,(H,18,19). The maximum atomic E-state index is 11.3. The third-order valence-electron chi connectivity index (χ3n) is 3.92. The summed E-state index contributed by atoms with van der Waals surface area (Å²) in [6, 6.07) is 5.43. The average molecular weight is 277 g/mol. The fourth-order valence-corrected chi connectivity index (χ4v) is 2.78. The second-order valence-corrected chi connectivity index (χ2v) is 5.40. The molecule has 2 N–H and O–H groups in total. The van der Waals surface area contributed by atoms with Gasteiger partial charge in [0.15, 0.2) is 0 Å². The third kappa shape index (κ3) is 3.89. The molecule has 110 valence electrons. The van der Waals surface area contributed by atoms with Crippen molar-refractivity contribution in [1.82, 2.24) is 0 Å². The van der Waals surface area contributed by atoms with Gasteiger partial charge < -0.3 is 15.2 Å². The maximum absolute atomic E-state index is 11.3. The SMILES string of the molecule is COc1ccc(C(=O)O)c(NC2CCCCCCC2)c1. The Morgan fingerprint density at radius 2 is 1.85 bits per heavy atom. The highest BCUT2D eigenvalue weighted by Crippen LogP contribution is 2.26. The number of aromatic carboxylic acids is 1. The van der Waals surface area contributed by atoms with E-state index in [-0.39, 0.29) is 0 Å². The van der Waals surface area contributed by atoms with Crippen molar-refractivity contribution >= 4 is 11.7 Å². The minimum atomic E-state index is -0.902. The first-order chi connectivity index (χ1) is 9.70. The zero-order valence-electron chi connectivity index (χ0n) is 12.0. The molecule has 0 unspecified atom stereocenters. The molecule has 0 amide bonds. The number of ether oxygens (including phenoxy) is 1. The summed E-state index contributed by atoms with van der Waals surface area (Å²) in [5, 5.41) is 12.7. The van der Waals surface area contributed by atoms with Crippen LogP contribution in [0.25, 0.3) is 0 Å². The van der Waals surface area contributed by atoms with E-state index in [0.29, 0.717) is 23.0 Å². The second-order valence-electron chi connectivity index (χ2n) is 5.40. The smallest absolute Gasteiger partial charge is 0.337 e. The number of hydrogen-bond donors (Lipinski definition) is 2. The molecule has 20 heavy (non-hydrogen) atoms. The van der Waals surface area contributed by atoms with E-state index < -0.39 is 5.97 Å². The number of methoxy groups -OCH3 is 1. The maximum Gasteiger partial charge on any atom is 0.337 e. The van der Waals surface area contributed by atoms with Crippen LogP contribution in [0.5, 0.6) is 5.75 Å². The summed E-state index contributed by atoms with van der Waals surface area (Å²) in [6.07, 6.45) is 8.52. The minimum Gasteiger partial charge on any atom is -0.497 e. The number of carboxylic acids is 1. The van der Waals surface area contributed by atoms with Crippen molar-refractivity contribution in [3.63, 3.8) is 0 Å². The lowest BCUT2D eigenvalue weighted by atomic mass is 9.96. The van der Waals surface area contributed by atoms with Crippen LogP contribution in [0.4, 0.5) is 5.69 Å². The summed E-state index contributed by atoms with van der Waals surface area (Å²) in [7, 11) is 1.59. The predicted octanol–water partition coefficient (Wildman–Crippen LogP) is 3.92. The lowest BCUT2D eigenvalue weighted by molar-refractivity contribution is 0.0698. The minimum absolute atomic E-state index is 0.313. The molecule has 1 aromatic rings. The van der Waals surface area contributed by atoms with E-state index >= 15 is 0 Å². The predicted molar refractivity (Wildman–Crippen MR) is 79.7 cm³/mol. The van der Waals surface area contributed by atoms with Crippen LogP contribution in [0.1, 0.15) is 55.3 Å². The fourth-order valence-electron chi connectivity index (χ4n) is 2.78. The molecule has 0 saturated heterocycles. The van der Waals surface area contributed by atoms with Crippen molar-refractivity contribution in [1.29, 1.82) is 0 Å². The zero-order chi connectivity index (χ0) is 14.4. The van der Waals surface area contributed by atoms with E-state index in [1.54, 1.807) is 25.3 Å². The van der Waals surface area contributed by atoms with Crippen molar-refractivity contribution in [3.05, 3.63) is 23.8 Å². The van der Waals surface area contributed by atoms with Gasteiger partial charge in [-0.25, -0.2) is 4.79 Å². The highest BCUT2D eigenvalue weighted by atomic mass is 16.5. The molecule has 1 saturated carbocycles. The monoisotopic (exact) mass is 277 g/mol. The molecule has 0 spiro atoms. The van der Waals surface area contributed by atoms with Gasteiger partial charge >= 0.3 is 5.97 Å². The molecule has 0 bridgehead atoms. The van der Waals surface area contributed by atoms with Gasteiger partial charge in [0.05, 0.1) is 18.4 Å². The Labute approximate surface area is 120 Å². The number of carbonyl (C=O) groups is 1. The molecule has 0 aromatic heterocycles. The van der Waals surface area contributed by atoms with Gasteiger partial charge in [-0.15, -0.1) is 0 Å².